The third-order valence-electron chi connectivity index (χ3n) is 8.06. The van der Waals surface area contributed by atoms with Crippen LogP contribution >= 0.6 is 0 Å². The molecule has 5 rings (SSSR count). The van der Waals surface area contributed by atoms with E-state index in [4.69, 9.17) is 4.98 Å². The van der Waals surface area contributed by atoms with E-state index in [2.05, 4.69) is 33.4 Å². The molecule has 5 nitrogen and oxygen atoms in total. The number of hydrogen-bond acceptors (Lipinski definition) is 4. The minimum absolute atomic E-state index is 0.122. The number of hydrogen-bond donors (Lipinski definition) is 0. The molecule has 2 saturated heterocycles. The lowest BCUT2D eigenvalue weighted by Crippen LogP contribution is -2.44. The zero-order chi connectivity index (χ0) is 21.2. The van der Waals surface area contributed by atoms with Gasteiger partial charge in [0.1, 0.15) is 0 Å². The second-order valence-corrected chi connectivity index (χ2v) is 10.1. The average Bonchev–Trinajstić information content (AvgIpc) is 3.19. The molecule has 1 aliphatic carbocycles. The molecule has 0 amide bonds. The van der Waals surface area contributed by atoms with Crippen molar-refractivity contribution >= 4 is 16.9 Å². The van der Waals surface area contributed by atoms with Crippen molar-refractivity contribution in [3.05, 3.63) is 34.6 Å². The monoisotopic (exact) mass is 422 g/mol. The van der Waals surface area contributed by atoms with Crippen LogP contribution in [-0.2, 0) is 0 Å². The first kappa shape index (κ1) is 21.0. The molecule has 1 atom stereocenters. The molecule has 0 radical (unpaired) electrons. The van der Waals surface area contributed by atoms with Gasteiger partial charge < -0.3 is 14.4 Å². The summed E-state index contributed by atoms with van der Waals surface area (Å²) >= 11 is 0. The van der Waals surface area contributed by atoms with E-state index in [-0.39, 0.29) is 11.6 Å². The summed E-state index contributed by atoms with van der Waals surface area (Å²) in [4.78, 5) is 23.6. The number of anilines is 1. The summed E-state index contributed by atoms with van der Waals surface area (Å²) in [5.41, 5.74) is 2.09. The van der Waals surface area contributed by atoms with Crippen LogP contribution in [0.15, 0.2) is 29.1 Å². The molecule has 31 heavy (non-hydrogen) atoms. The zero-order valence-electron chi connectivity index (χ0n) is 19.1. The van der Waals surface area contributed by atoms with Crippen molar-refractivity contribution in [1.29, 1.82) is 0 Å². The highest BCUT2D eigenvalue weighted by Crippen LogP contribution is 2.31. The van der Waals surface area contributed by atoms with Crippen LogP contribution in [0.5, 0.6) is 0 Å². The molecule has 2 aliphatic heterocycles. The van der Waals surface area contributed by atoms with E-state index in [1.165, 1.54) is 44.9 Å². The molecule has 0 N–H and O–H groups in total. The molecule has 0 bridgehead atoms. The van der Waals surface area contributed by atoms with Gasteiger partial charge in [-0.2, -0.15) is 0 Å². The fraction of sp³-hybridized carbons (Fsp3) is 0.692. The second kappa shape index (κ2) is 9.32. The molecule has 168 valence electrons. The Kier molecular flexibility index (Phi) is 6.31. The lowest BCUT2D eigenvalue weighted by molar-refractivity contribution is 0.116. The van der Waals surface area contributed by atoms with Crippen molar-refractivity contribution in [2.75, 3.05) is 24.5 Å². The summed E-state index contributed by atoms with van der Waals surface area (Å²) in [5.74, 6) is 0.672. The molecular formula is C26H38N4O. The summed E-state index contributed by atoms with van der Waals surface area (Å²) in [7, 11) is 0. The first-order chi connectivity index (χ1) is 15.2. The van der Waals surface area contributed by atoms with Gasteiger partial charge in [-0.25, -0.2) is 4.98 Å². The highest BCUT2D eigenvalue weighted by atomic mass is 16.1. The molecule has 1 unspecified atom stereocenters. The van der Waals surface area contributed by atoms with Gasteiger partial charge in [0, 0.05) is 37.8 Å². The zero-order valence-corrected chi connectivity index (χ0v) is 19.1. The van der Waals surface area contributed by atoms with Crippen molar-refractivity contribution in [3.8, 4) is 0 Å². The molecule has 1 saturated carbocycles. The van der Waals surface area contributed by atoms with Crippen LogP contribution in [0.1, 0.15) is 83.6 Å². The number of rotatable bonds is 3. The van der Waals surface area contributed by atoms with Gasteiger partial charge in [-0.05, 0) is 57.6 Å². The van der Waals surface area contributed by atoms with E-state index in [9.17, 15) is 4.79 Å². The van der Waals surface area contributed by atoms with Crippen LogP contribution in [0.2, 0.25) is 0 Å². The van der Waals surface area contributed by atoms with Gasteiger partial charge in [-0.15, -0.1) is 0 Å². The van der Waals surface area contributed by atoms with E-state index in [0.29, 0.717) is 11.9 Å². The number of nitrogens with zero attached hydrogens (tertiary/aromatic N) is 4. The Bertz CT molecular complexity index is 938. The minimum atomic E-state index is 0.122. The molecule has 3 fully saturated rings. The smallest absolute Gasteiger partial charge is 0.294 e. The molecule has 1 aromatic heterocycles. The van der Waals surface area contributed by atoms with E-state index in [1.54, 1.807) is 0 Å². The number of piperidine rings is 1. The maximum atomic E-state index is 13.7. The number of benzene rings is 1. The van der Waals surface area contributed by atoms with Gasteiger partial charge in [0.05, 0.1) is 11.0 Å². The minimum Gasteiger partial charge on any atom is -0.349 e. The molecular weight excluding hydrogens is 384 g/mol. The van der Waals surface area contributed by atoms with Gasteiger partial charge in [0.25, 0.3) is 5.56 Å². The maximum Gasteiger partial charge on any atom is 0.294 e. The van der Waals surface area contributed by atoms with Gasteiger partial charge in [-0.1, -0.05) is 44.2 Å². The molecule has 3 heterocycles. The molecule has 3 aliphatic rings. The highest BCUT2D eigenvalue weighted by Gasteiger charge is 2.30. The van der Waals surface area contributed by atoms with Crippen molar-refractivity contribution in [2.45, 2.75) is 95.7 Å². The standard InChI is InChI=1S/C26H38N4O/c1-20-10-9-17-29(20)25-26(31)30(24-14-8-7-13-23(24)27-25)22-15-18-28(19-16-22)21-11-5-3-2-4-6-12-21/h7-8,13-14,20-22H,2-6,9-12,15-19H2,1H3. The fourth-order valence-corrected chi connectivity index (χ4v) is 6.25. The predicted molar refractivity (Wildman–Crippen MR) is 128 cm³/mol. The van der Waals surface area contributed by atoms with Crippen LogP contribution in [0.4, 0.5) is 5.82 Å². The Labute approximate surface area is 186 Å². The topological polar surface area (TPSA) is 41.4 Å². The second-order valence-electron chi connectivity index (χ2n) is 10.1. The highest BCUT2D eigenvalue weighted by molar-refractivity contribution is 5.76. The largest absolute Gasteiger partial charge is 0.349 e. The van der Waals surface area contributed by atoms with E-state index >= 15 is 0 Å². The summed E-state index contributed by atoms with van der Waals surface area (Å²) < 4.78 is 2.11. The summed E-state index contributed by atoms with van der Waals surface area (Å²) in [6.45, 7) is 5.41. The normalized spacial score (nSPS) is 25.1. The van der Waals surface area contributed by atoms with Gasteiger partial charge >= 0.3 is 0 Å². The number of aromatic nitrogens is 2. The third-order valence-corrected chi connectivity index (χ3v) is 8.06. The van der Waals surface area contributed by atoms with E-state index < -0.39 is 0 Å². The SMILES string of the molecule is CC1CCCN1c1nc2ccccc2n(C2CCN(C3CCCCCCC3)CC2)c1=O. The first-order valence-electron chi connectivity index (χ1n) is 12.7. The Hall–Kier alpha value is -1.88. The summed E-state index contributed by atoms with van der Waals surface area (Å²) in [6.07, 6.45) is 14.2. The summed E-state index contributed by atoms with van der Waals surface area (Å²) in [6, 6.07) is 9.67. The Morgan fingerprint density at radius 3 is 2.23 bits per heavy atom. The Morgan fingerprint density at radius 1 is 0.806 bits per heavy atom. The molecule has 1 aromatic carbocycles. The van der Waals surface area contributed by atoms with Crippen LogP contribution < -0.4 is 10.5 Å². The lowest BCUT2D eigenvalue weighted by Gasteiger charge is -2.39. The molecule has 2 aromatic rings. The number of likely N-dealkylation sites (tertiary alicyclic amines) is 1. The fourth-order valence-electron chi connectivity index (χ4n) is 6.25. The van der Waals surface area contributed by atoms with Gasteiger partial charge in [-0.3, -0.25) is 4.79 Å². The van der Waals surface area contributed by atoms with Crippen LogP contribution in [0, 0.1) is 0 Å². The Morgan fingerprint density at radius 2 is 1.52 bits per heavy atom. The number of para-hydroxylation sites is 2. The van der Waals surface area contributed by atoms with Crippen molar-refractivity contribution in [2.24, 2.45) is 0 Å². The van der Waals surface area contributed by atoms with Crippen LogP contribution in [0.25, 0.3) is 11.0 Å². The first-order valence-corrected chi connectivity index (χ1v) is 12.7. The van der Waals surface area contributed by atoms with Gasteiger partial charge in [0.2, 0.25) is 0 Å². The van der Waals surface area contributed by atoms with Crippen LogP contribution in [0.3, 0.4) is 0 Å². The molecule has 0 spiro atoms. The van der Waals surface area contributed by atoms with Crippen molar-refractivity contribution < 1.29 is 0 Å². The molecule has 5 heteroatoms. The van der Waals surface area contributed by atoms with Crippen LogP contribution in [-0.4, -0.2) is 46.2 Å². The lowest BCUT2D eigenvalue weighted by atomic mass is 9.93. The Balaban J connectivity index is 1.41. The third kappa shape index (κ3) is 4.26. The van der Waals surface area contributed by atoms with E-state index in [1.807, 2.05) is 12.1 Å². The summed E-state index contributed by atoms with van der Waals surface area (Å²) in [5, 5.41) is 0. The quantitative estimate of drug-likeness (QED) is 0.687. The maximum absolute atomic E-state index is 13.7. The van der Waals surface area contributed by atoms with Crippen molar-refractivity contribution in [1.82, 2.24) is 14.5 Å². The average molecular weight is 423 g/mol. The number of fused-ring (bicyclic) bond motifs is 1. The predicted octanol–water partition coefficient (Wildman–Crippen LogP) is 5.14. The van der Waals surface area contributed by atoms with E-state index in [0.717, 1.165) is 62.4 Å². The van der Waals surface area contributed by atoms with Crippen molar-refractivity contribution in [3.63, 3.8) is 0 Å². The van der Waals surface area contributed by atoms with Gasteiger partial charge in [0.15, 0.2) is 5.82 Å².